The van der Waals surface area contributed by atoms with E-state index in [1.54, 1.807) is 13.1 Å². The Balaban J connectivity index is 2.06. The molecule has 1 saturated heterocycles. The lowest BCUT2D eigenvalue weighted by molar-refractivity contribution is -0.142. The van der Waals surface area contributed by atoms with Crippen molar-refractivity contribution in [1.29, 1.82) is 0 Å². The summed E-state index contributed by atoms with van der Waals surface area (Å²) in [7, 11) is 1.60. The fourth-order valence-electron chi connectivity index (χ4n) is 2.14. The summed E-state index contributed by atoms with van der Waals surface area (Å²) in [6.07, 6.45) is 0.235. The molecule has 18 heavy (non-hydrogen) atoms. The number of nitrogens with one attached hydrogen (secondary N) is 1. The molecular formula is C13H16ClFN2O. The van der Waals surface area contributed by atoms with Gasteiger partial charge >= 0.3 is 0 Å². The number of halogens is 2. The van der Waals surface area contributed by atoms with Crippen molar-refractivity contribution in [3.8, 4) is 0 Å². The first-order valence-corrected chi connectivity index (χ1v) is 6.29. The number of benzene rings is 1. The van der Waals surface area contributed by atoms with Gasteiger partial charge in [-0.15, -0.1) is 0 Å². The molecule has 1 aromatic rings. The van der Waals surface area contributed by atoms with Crippen LogP contribution < -0.4 is 5.32 Å². The molecule has 0 radical (unpaired) electrons. The van der Waals surface area contributed by atoms with Crippen LogP contribution in [0.5, 0.6) is 0 Å². The maximum Gasteiger partial charge on any atom is 0.261 e. The smallest absolute Gasteiger partial charge is 0.261 e. The third-order valence-corrected chi connectivity index (χ3v) is 3.57. The van der Waals surface area contributed by atoms with E-state index in [2.05, 4.69) is 5.32 Å². The minimum atomic E-state index is -1.77. The Morgan fingerprint density at radius 2 is 2.28 bits per heavy atom. The summed E-state index contributed by atoms with van der Waals surface area (Å²) in [6.45, 7) is 0.963. The molecule has 0 bridgehead atoms. The zero-order chi connectivity index (χ0) is 13.2. The lowest BCUT2D eigenvalue weighted by atomic mass is 10.0. The molecule has 5 heteroatoms. The van der Waals surface area contributed by atoms with E-state index >= 15 is 0 Å². The molecule has 0 saturated carbocycles. The molecule has 1 heterocycles. The van der Waals surface area contributed by atoms with Crippen molar-refractivity contribution >= 4 is 17.5 Å². The third-order valence-electron chi connectivity index (χ3n) is 3.20. The van der Waals surface area contributed by atoms with Crippen molar-refractivity contribution in [3.05, 3.63) is 34.9 Å². The Morgan fingerprint density at radius 1 is 1.56 bits per heavy atom. The molecule has 0 aromatic heterocycles. The Morgan fingerprint density at radius 3 is 2.89 bits per heavy atom. The quantitative estimate of drug-likeness (QED) is 0.911. The maximum absolute atomic E-state index is 14.3. The number of hydrogen-bond acceptors (Lipinski definition) is 2. The van der Waals surface area contributed by atoms with E-state index in [1.165, 1.54) is 4.90 Å². The standard InChI is InChI=1S/C13H16ClFN2O/c1-17(8-10-4-2-3-5-11(10)14)12(18)13(15)6-7-16-9-13/h2-5,16H,6-9H2,1H3/t13-/m0/s1. The molecule has 1 amide bonds. The van der Waals surface area contributed by atoms with E-state index in [1.807, 2.05) is 18.2 Å². The van der Waals surface area contributed by atoms with Crippen LogP contribution in [0.1, 0.15) is 12.0 Å². The van der Waals surface area contributed by atoms with Gasteiger partial charge in [-0.3, -0.25) is 4.79 Å². The Kier molecular flexibility index (Phi) is 3.88. The Hall–Kier alpha value is -1.13. The first-order valence-electron chi connectivity index (χ1n) is 5.91. The topological polar surface area (TPSA) is 32.3 Å². The van der Waals surface area contributed by atoms with Crippen LogP contribution in [0, 0.1) is 0 Å². The molecular weight excluding hydrogens is 255 g/mol. The van der Waals surface area contributed by atoms with Crippen LogP contribution in [0.4, 0.5) is 4.39 Å². The second kappa shape index (κ2) is 5.24. The normalized spacial score (nSPS) is 23.1. The molecule has 98 valence electrons. The summed E-state index contributed by atoms with van der Waals surface area (Å²) in [5.41, 5.74) is -0.944. The molecule has 3 nitrogen and oxygen atoms in total. The second-order valence-electron chi connectivity index (χ2n) is 4.64. The van der Waals surface area contributed by atoms with Crippen molar-refractivity contribution in [2.45, 2.75) is 18.6 Å². The van der Waals surface area contributed by atoms with Gasteiger partial charge in [0.05, 0.1) is 0 Å². The molecule has 1 aromatic carbocycles. The predicted octanol–water partition coefficient (Wildman–Crippen LogP) is 2.00. The predicted molar refractivity (Wildman–Crippen MR) is 69.3 cm³/mol. The van der Waals surface area contributed by atoms with Crippen molar-refractivity contribution in [1.82, 2.24) is 10.2 Å². The number of carbonyl (C=O) groups is 1. The van der Waals surface area contributed by atoms with Crippen molar-refractivity contribution in [2.24, 2.45) is 0 Å². The van der Waals surface area contributed by atoms with Crippen LogP contribution in [0.3, 0.4) is 0 Å². The second-order valence-corrected chi connectivity index (χ2v) is 5.05. The van der Waals surface area contributed by atoms with Gasteiger partial charge in [-0.2, -0.15) is 0 Å². The molecule has 1 aliphatic rings. The highest BCUT2D eigenvalue weighted by Gasteiger charge is 2.43. The molecule has 1 aliphatic heterocycles. The van der Waals surface area contributed by atoms with Gasteiger partial charge in [-0.1, -0.05) is 29.8 Å². The number of carbonyl (C=O) groups excluding carboxylic acids is 1. The number of nitrogens with zero attached hydrogens (tertiary/aromatic N) is 1. The summed E-state index contributed by atoms with van der Waals surface area (Å²) >= 11 is 6.02. The molecule has 0 spiro atoms. The van der Waals surface area contributed by atoms with Crippen molar-refractivity contribution in [3.63, 3.8) is 0 Å². The molecule has 0 unspecified atom stereocenters. The van der Waals surface area contributed by atoms with Gasteiger partial charge in [0, 0.05) is 31.6 Å². The zero-order valence-electron chi connectivity index (χ0n) is 10.2. The average Bonchev–Trinajstić information content (AvgIpc) is 2.79. The van der Waals surface area contributed by atoms with Gasteiger partial charge in [-0.25, -0.2) is 4.39 Å². The monoisotopic (exact) mass is 270 g/mol. The first-order chi connectivity index (χ1) is 8.53. The lowest BCUT2D eigenvalue weighted by Crippen LogP contribution is -2.45. The van der Waals surface area contributed by atoms with Crippen LogP contribution in [0.25, 0.3) is 0 Å². The highest BCUT2D eigenvalue weighted by atomic mass is 35.5. The Bertz CT molecular complexity index is 446. The van der Waals surface area contributed by atoms with Gasteiger partial charge in [0.15, 0.2) is 0 Å². The van der Waals surface area contributed by atoms with E-state index in [0.29, 0.717) is 18.1 Å². The summed E-state index contributed by atoms with van der Waals surface area (Å²) in [5, 5.41) is 3.47. The fraction of sp³-hybridized carbons (Fsp3) is 0.462. The van der Waals surface area contributed by atoms with E-state index < -0.39 is 11.6 Å². The maximum atomic E-state index is 14.3. The van der Waals surface area contributed by atoms with Crippen LogP contribution in [-0.4, -0.2) is 36.6 Å². The molecule has 0 aliphatic carbocycles. The van der Waals surface area contributed by atoms with Crippen molar-refractivity contribution < 1.29 is 9.18 Å². The highest BCUT2D eigenvalue weighted by molar-refractivity contribution is 6.31. The Labute approximate surface area is 111 Å². The van der Waals surface area contributed by atoms with E-state index in [9.17, 15) is 9.18 Å². The van der Waals surface area contributed by atoms with Crippen molar-refractivity contribution in [2.75, 3.05) is 20.1 Å². The SMILES string of the molecule is CN(Cc1ccccc1Cl)C(=O)[C@]1(F)CCNC1. The number of alkyl halides is 1. The van der Waals surface area contributed by atoms with Gasteiger partial charge in [0.25, 0.3) is 5.91 Å². The number of rotatable bonds is 3. The molecule has 1 atom stereocenters. The molecule has 2 rings (SSSR count). The highest BCUT2D eigenvalue weighted by Crippen LogP contribution is 2.24. The van der Waals surface area contributed by atoms with Crippen LogP contribution >= 0.6 is 11.6 Å². The molecule has 1 fully saturated rings. The summed E-state index contributed by atoms with van der Waals surface area (Å²) in [6, 6.07) is 7.27. The molecule has 1 N–H and O–H groups in total. The summed E-state index contributed by atoms with van der Waals surface area (Å²) in [5.74, 6) is -0.479. The first kappa shape index (κ1) is 13.3. The van der Waals surface area contributed by atoms with Gasteiger partial charge < -0.3 is 10.2 Å². The zero-order valence-corrected chi connectivity index (χ0v) is 11.0. The van der Waals surface area contributed by atoms with Crippen LogP contribution in [0.15, 0.2) is 24.3 Å². The van der Waals surface area contributed by atoms with E-state index in [-0.39, 0.29) is 13.0 Å². The lowest BCUT2D eigenvalue weighted by Gasteiger charge is -2.25. The van der Waals surface area contributed by atoms with Gasteiger partial charge in [0.2, 0.25) is 5.67 Å². The third kappa shape index (κ3) is 2.65. The fourth-order valence-corrected chi connectivity index (χ4v) is 2.34. The van der Waals surface area contributed by atoms with E-state index in [4.69, 9.17) is 11.6 Å². The van der Waals surface area contributed by atoms with Crippen LogP contribution in [0.2, 0.25) is 5.02 Å². The van der Waals surface area contributed by atoms with E-state index in [0.717, 1.165) is 5.56 Å². The largest absolute Gasteiger partial charge is 0.339 e. The van der Waals surface area contributed by atoms with Crippen LogP contribution in [-0.2, 0) is 11.3 Å². The average molecular weight is 271 g/mol. The number of hydrogen-bond donors (Lipinski definition) is 1. The summed E-state index contributed by atoms with van der Waals surface area (Å²) < 4.78 is 14.3. The van der Waals surface area contributed by atoms with Gasteiger partial charge in [-0.05, 0) is 18.2 Å². The summed E-state index contributed by atoms with van der Waals surface area (Å²) in [4.78, 5) is 13.4. The minimum absolute atomic E-state index is 0.0959. The van der Waals surface area contributed by atoms with Gasteiger partial charge in [0.1, 0.15) is 0 Å². The minimum Gasteiger partial charge on any atom is -0.339 e. The number of amides is 1.